The summed E-state index contributed by atoms with van der Waals surface area (Å²) in [5.74, 6) is -0.387. The zero-order valence-electron chi connectivity index (χ0n) is 14.8. The number of carboxylic acids is 1. The first-order valence-electron chi connectivity index (χ1n) is 8.44. The van der Waals surface area contributed by atoms with E-state index in [0.717, 1.165) is 11.3 Å². The third kappa shape index (κ3) is 4.03. The van der Waals surface area contributed by atoms with Crippen molar-refractivity contribution in [3.63, 3.8) is 0 Å². The summed E-state index contributed by atoms with van der Waals surface area (Å²) in [4.78, 5) is 11.3. The molecule has 6 nitrogen and oxygen atoms in total. The van der Waals surface area contributed by atoms with Crippen molar-refractivity contribution in [2.45, 2.75) is 19.4 Å². The van der Waals surface area contributed by atoms with Gasteiger partial charge in [0.15, 0.2) is 4.77 Å². The number of rotatable bonds is 7. The van der Waals surface area contributed by atoms with Gasteiger partial charge in [-0.3, -0.25) is 9.36 Å². The quantitative estimate of drug-likeness (QED) is 0.609. The van der Waals surface area contributed by atoms with Crippen molar-refractivity contribution in [2.24, 2.45) is 0 Å². The molecule has 0 atom stereocenters. The van der Waals surface area contributed by atoms with Crippen LogP contribution in [0.4, 0.5) is 0 Å². The smallest absolute Gasteiger partial charge is 0.309 e. The molecule has 0 aliphatic carbocycles. The summed E-state index contributed by atoms with van der Waals surface area (Å²) in [7, 11) is 1.61. The molecule has 0 radical (unpaired) electrons. The summed E-state index contributed by atoms with van der Waals surface area (Å²) in [5.41, 5.74) is 2.05. The molecule has 0 aliphatic rings. The van der Waals surface area contributed by atoms with Gasteiger partial charge < -0.3 is 19.5 Å². The molecule has 140 valence electrons. The molecule has 0 aliphatic heterocycles. The zero-order chi connectivity index (χ0) is 19.4. The Kier molecular flexibility index (Phi) is 5.61. The fraction of sp³-hybridized carbons (Fsp3) is 0.200. The molecule has 0 unspecified atom stereocenters. The molecule has 7 heteroatoms. The highest BCUT2D eigenvalue weighted by atomic mass is 32.1. The van der Waals surface area contributed by atoms with E-state index in [-0.39, 0.29) is 12.3 Å². The lowest BCUT2D eigenvalue weighted by molar-refractivity contribution is -0.136. The zero-order valence-corrected chi connectivity index (χ0v) is 15.6. The molecule has 3 rings (SSSR count). The van der Waals surface area contributed by atoms with Gasteiger partial charge in [0.05, 0.1) is 24.9 Å². The second-order valence-electron chi connectivity index (χ2n) is 6.04. The van der Waals surface area contributed by atoms with Gasteiger partial charge in [0.1, 0.15) is 5.75 Å². The highest BCUT2D eigenvalue weighted by Crippen LogP contribution is 2.26. The molecule has 0 saturated carbocycles. The van der Waals surface area contributed by atoms with Crippen LogP contribution in [0, 0.1) is 4.77 Å². The van der Waals surface area contributed by atoms with Crippen molar-refractivity contribution < 1.29 is 19.7 Å². The predicted molar refractivity (Wildman–Crippen MR) is 104 cm³/mol. The molecule has 2 N–H and O–H groups in total. The standard InChI is InChI=1S/C20H20N2O4S/c1-26-16-9-7-14(8-10-16)11-12-21-17(13-18(23)24)19(25)22(20(21)27)15-5-3-2-4-6-15/h2-10,25H,11-13H2,1H3,(H,23,24). The molecule has 0 fully saturated rings. The molecule has 27 heavy (non-hydrogen) atoms. The van der Waals surface area contributed by atoms with Crippen LogP contribution in [0.1, 0.15) is 11.3 Å². The number of aryl methyl sites for hydroxylation is 1. The summed E-state index contributed by atoms with van der Waals surface area (Å²) >= 11 is 5.54. The second kappa shape index (κ2) is 8.09. The molecule has 0 amide bonds. The number of hydrogen-bond donors (Lipinski definition) is 2. The lowest BCUT2D eigenvalue weighted by atomic mass is 10.1. The Bertz CT molecular complexity index is 991. The topological polar surface area (TPSA) is 76.6 Å². The maximum absolute atomic E-state index is 11.3. The predicted octanol–water partition coefficient (Wildman–Crippen LogP) is 3.59. The van der Waals surface area contributed by atoms with Crippen LogP contribution in [0.15, 0.2) is 54.6 Å². The van der Waals surface area contributed by atoms with Crippen LogP contribution in [-0.2, 0) is 24.2 Å². The van der Waals surface area contributed by atoms with Crippen LogP contribution < -0.4 is 4.74 Å². The Hall–Kier alpha value is -3.06. The average molecular weight is 384 g/mol. The van der Waals surface area contributed by atoms with Crippen molar-refractivity contribution in [3.05, 3.63) is 70.6 Å². The molecule has 0 saturated heterocycles. The van der Waals surface area contributed by atoms with Gasteiger partial charge in [-0.15, -0.1) is 0 Å². The Morgan fingerprint density at radius 3 is 2.37 bits per heavy atom. The van der Waals surface area contributed by atoms with Gasteiger partial charge in [0.2, 0.25) is 5.88 Å². The first-order valence-corrected chi connectivity index (χ1v) is 8.85. The van der Waals surface area contributed by atoms with Crippen LogP contribution in [-0.4, -0.2) is 32.4 Å². The maximum Gasteiger partial charge on any atom is 0.309 e. The molecular weight excluding hydrogens is 364 g/mol. The fourth-order valence-electron chi connectivity index (χ4n) is 2.97. The van der Waals surface area contributed by atoms with Gasteiger partial charge >= 0.3 is 5.97 Å². The number of imidazole rings is 1. The minimum atomic E-state index is -1.02. The highest BCUT2D eigenvalue weighted by Gasteiger charge is 2.20. The summed E-state index contributed by atoms with van der Waals surface area (Å²) in [5, 5.41) is 19.9. The van der Waals surface area contributed by atoms with E-state index >= 15 is 0 Å². The molecule has 0 bridgehead atoms. The number of benzene rings is 2. The molecule has 2 aromatic carbocycles. The maximum atomic E-state index is 11.3. The minimum Gasteiger partial charge on any atom is -0.497 e. The van der Waals surface area contributed by atoms with E-state index in [1.165, 1.54) is 4.57 Å². The summed E-state index contributed by atoms with van der Waals surface area (Å²) in [6.45, 7) is 0.459. The number of ether oxygens (including phenoxy) is 1. The van der Waals surface area contributed by atoms with Gasteiger partial charge in [0.25, 0.3) is 0 Å². The van der Waals surface area contributed by atoms with E-state index in [4.69, 9.17) is 17.0 Å². The van der Waals surface area contributed by atoms with Crippen molar-refractivity contribution in [2.75, 3.05) is 7.11 Å². The third-order valence-corrected chi connectivity index (χ3v) is 4.74. The second-order valence-corrected chi connectivity index (χ2v) is 6.41. The number of aromatic nitrogens is 2. The fourth-order valence-corrected chi connectivity index (χ4v) is 3.36. The van der Waals surface area contributed by atoms with Crippen LogP contribution in [0.5, 0.6) is 11.6 Å². The van der Waals surface area contributed by atoms with Crippen molar-refractivity contribution in [1.82, 2.24) is 9.13 Å². The van der Waals surface area contributed by atoms with Gasteiger partial charge in [-0.1, -0.05) is 30.3 Å². The molecule has 1 aromatic heterocycles. The van der Waals surface area contributed by atoms with Gasteiger partial charge in [-0.05, 0) is 48.5 Å². The van der Waals surface area contributed by atoms with E-state index in [2.05, 4.69) is 0 Å². The van der Waals surface area contributed by atoms with Gasteiger partial charge in [0, 0.05) is 6.54 Å². The van der Waals surface area contributed by atoms with E-state index in [1.54, 1.807) is 11.7 Å². The van der Waals surface area contributed by atoms with E-state index in [9.17, 15) is 15.0 Å². The Morgan fingerprint density at radius 1 is 1.11 bits per heavy atom. The van der Waals surface area contributed by atoms with E-state index < -0.39 is 5.97 Å². The van der Waals surface area contributed by atoms with Crippen LogP contribution in [0.3, 0.4) is 0 Å². The van der Waals surface area contributed by atoms with Gasteiger partial charge in [-0.25, -0.2) is 0 Å². The van der Waals surface area contributed by atoms with Crippen molar-refractivity contribution in [3.8, 4) is 17.3 Å². The number of hydrogen-bond acceptors (Lipinski definition) is 4. The Balaban J connectivity index is 1.97. The minimum absolute atomic E-state index is 0.136. The average Bonchev–Trinajstić information content (AvgIpc) is 2.90. The van der Waals surface area contributed by atoms with Crippen LogP contribution in [0.25, 0.3) is 5.69 Å². The molecule has 1 heterocycles. The van der Waals surface area contributed by atoms with Crippen LogP contribution in [0.2, 0.25) is 0 Å². The molecule has 0 spiro atoms. The van der Waals surface area contributed by atoms with E-state index in [0.29, 0.717) is 29.1 Å². The largest absolute Gasteiger partial charge is 0.497 e. The number of methoxy groups -OCH3 is 1. The number of aliphatic carboxylic acids is 1. The summed E-state index contributed by atoms with van der Waals surface area (Å²) < 4.78 is 8.71. The lowest BCUT2D eigenvalue weighted by Crippen LogP contribution is -2.10. The summed E-state index contributed by atoms with van der Waals surface area (Å²) in [6.07, 6.45) is 0.334. The monoisotopic (exact) mass is 384 g/mol. The first kappa shape index (κ1) is 18.7. The van der Waals surface area contributed by atoms with Crippen molar-refractivity contribution in [1.29, 1.82) is 0 Å². The first-order chi connectivity index (χ1) is 13.0. The Labute approximate surface area is 161 Å². The SMILES string of the molecule is COc1ccc(CCn2c(CC(=O)O)c(O)n(-c3ccccc3)c2=S)cc1. The number of para-hydroxylation sites is 1. The van der Waals surface area contributed by atoms with E-state index in [1.807, 2.05) is 54.6 Å². The lowest BCUT2D eigenvalue weighted by Gasteiger charge is -2.08. The van der Waals surface area contributed by atoms with Crippen molar-refractivity contribution >= 4 is 18.2 Å². The normalized spacial score (nSPS) is 10.7. The number of nitrogens with zero attached hydrogens (tertiary/aromatic N) is 2. The highest BCUT2D eigenvalue weighted by molar-refractivity contribution is 7.71. The number of carboxylic acid groups (broad SMARTS) is 1. The number of aromatic hydroxyl groups is 1. The van der Waals surface area contributed by atoms with Crippen LogP contribution >= 0.6 is 12.2 Å². The third-order valence-electron chi connectivity index (χ3n) is 4.33. The summed E-state index contributed by atoms with van der Waals surface area (Å²) in [6, 6.07) is 16.8. The molecule has 3 aromatic rings. The molecular formula is C20H20N2O4S. The Morgan fingerprint density at radius 2 is 1.78 bits per heavy atom. The number of carbonyl (C=O) groups is 1. The van der Waals surface area contributed by atoms with Gasteiger partial charge in [-0.2, -0.15) is 0 Å².